The zero-order chi connectivity index (χ0) is 24.8. The highest BCUT2D eigenvalue weighted by Gasteiger charge is 2.26. The van der Waals surface area contributed by atoms with Crippen LogP contribution in [0.3, 0.4) is 0 Å². The average molecular weight is 606 g/mol. The maximum atomic E-state index is 13.6. The van der Waals surface area contributed by atoms with E-state index in [4.69, 9.17) is 18.0 Å². The van der Waals surface area contributed by atoms with Crippen LogP contribution in [0.25, 0.3) is 11.0 Å². The number of carbonyl (C=O) groups excluding carboxylic acids is 3. The minimum absolute atomic E-state index is 0.00483. The van der Waals surface area contributed by atoms with Crippen molar-refractivity contribution in [2.75, 3.05) is 0 Å². The Morgan fingerprint density at radius 1 is 1.07 bits per heavy atom. The summed E-state index contributed by atoms with van der Waals surface area (Å²) in [5.41, 5.74) is 0.0182. The standard InChI is InChI=1S/C21H15Br3O6/c1-9(22)20-18(14-5-4-13(28-10(2)25)8-17(14)30-20)19(27)12-6-15(23)21(16(24)7-12)29-11(3)26/h4-9H,1-3H3/i4D,5D,8D. The molecule has 0 aliphatic heterocycles. The Labute approximate surface area is 201 Å². The first-order valence-electron chi connectivity index (χ1n) is 9.95. The van der Waals surface area contributed by atoms with Crippen LogP contribution >= 0.6 is 47.8 Å². The summed E-state index contributed by atoms with van der Waals surface area (Å²) in [5, 5.41) is -0.0384. The van der Waals surface area contributed by atoms with Gasteiger partial charge >= 0.3 is 11.9 Å². The molecule has 0 radical (unpaired) electrons. The van der Waals surface area contributed by atoms with Crippen LogP contribution in [0, 0.1) is 0 Å². The summed E-state index contributed by atoms with van der Waals surface area (Å²) in [6.07, 6.45) is 0. The van der Waals surface area contributed by atoms with E-state index in [0.29, 0.717) is 8.95 Å². The van der Waals surface area contributed by atoms with Gasteiger partial charge in [0.25, 0.3) is 0 Å². The molecule has 0 aliphatic carbocycles. The van der Waals surface area contributed by atoms with Gasteiger partial charge in [-0.05, 0) is 63.0 Å². The Morgan fingerprint density at radius 3 is 2.20 bits per heavy atom. The number of carbonyl (C=O) groups is 3. The van der Waals surface area contributed by atoms with Gasteiger partial charge in [0.05, 0.1) is 23.4 Å². The van der Waals surface area contributed by atoms with Crippen LogP contribution in [0.2, 0.25) is 0 Å². The van der Waals surface area contributed by atoms with Crippen LogP contribution in [-0.4, -0.2) is 17.7 Å². The van der Waals surface area contributed by atoms with Crippen LogP contribution in [-0.2, 0) is 9.59 Å². The number of halogens is 3. The van der Waals surface area contributed by atoms with Gasteiger partial charge in [-0.25, -0.2) is 0 Å². The van der Waals surface area contributed by atoms with E-state index >= 15 is 0 Å². The molecule has 1 atom stereocenters. The second kappa shape index (κ2) is 9.03. The van der Waals surface area contributed by atoms with Gasteiger partial charge < -0.3 is 13.9 Å². The van der Waals surface area contributed by atoms with Gasteiger partial charge in [0.1, 0.15) is 17.1 Å². The molecule has 156 valence electrons. The number of ether oxygens (including phenoxy) is 2. The molecular formula is C21H15Br3O6. The molecule has 1 unspecified atom stereocenters. The van der Waals surface area contributed by atoms with Crippen LogP contribution in [0.1, 0.15) is 51.4 Å². The zero-order valence-corrected chi connectivity index (χ0v) is 20.6. The average Bonchev–Trinajstić information content (AvgIpc) is 3.12. The maximum absolute atomic E-state index is 13.6. The zero-order valence-electron chi connectivity index (χ0n) is 18.8. The van der Waals surface area contributed by atoms with Crippen molar-refractivity contribution in [1.29, 1.82) is 0 Å². The van der Waals surface area contributed by atoms with Gasteiger partial charge in [-0.3, -0.25) is 14.4 Å². The molecule has 0 saturated carbocycles. The molecule has 30 heavy (non-hydrogen) atoms. The van der Waals surface area contributed by atoms with E-state index in [9.17, 15) is 14.4 Å². The summed E-state index contributed by atoms with van der Waals surface area (Å²) in [7, 11) is 0. The number of hydrogen-bond donors (Lipinski definition) is 0. The van der Waals surface area contributed by atoms with E-state index in [1.165, 1.54) is 19.1 Å². The fraction of sp³-hybridized carbons (Fsp3) is 0.190. The van der Waals surface area contributed by atoms with Crippen molar-refractivity contribution in [3.63, 3.8) is 0 Å². The van der Waals surface area contributed by atoms with E-state index in [1.54, 1.807) is 6.92 Å². The van der Waals surface area contributed by atoms with Crippen molar-refractivity contribution in [3.05, 3.63) is 56.1 Å². The molecule has 1 heterocycles. The lowest BCUT2D eigenvalue weighted by Crippen LogP contribution is -2.07. The summed E-state index contributed by atoms with van der Waals surface area (Å²) >= 11 is 9.95. The van der Waals surface area contributed by atoms with E-state index in [2.05, 4.69) is 47.8 Å². The summed E-state index contributed by atoms with van der Waals surface area (Å²) in [6.45, 7) is 4.06. The van der Waals surface area contributed by atoms with Gasteiger partial charge in [-0.1, -0.05) is 15.9 Å². The Balaban J connectivity index is 2.30. The van der Waals surface area contributed by atoms with E-state index in [-0.39, 0.29) is 33.6 Å². The summed E-state index contributed by atoms with van der Waals surface area (Å²) < 4.78 is 41.6. The first kappa shape index (κ1) is 18.8. The van der Waals surface area contributed by atoms with E-state index < -0.39 is 46.4 Å². The molecule has 0 spiro atoms. The van der Waals surface area contributed by atoms with E-state index in [0.717, 1.165) is 6.92 Å². The highest BCUT2D eigenvalue weighted by Crippen LogP contribution is 2.39. The SMILES string of the molecule is [2H]c1c(OC(C)=O)c([2H])c2oc(C(C)Br)c(C(=O)c3cc(Br)c(OC(C)=O)c(Br)c3)c2c1[2H]. The van der Waals surface area contributed by atoms with Gasteiger partial charge in [-0.15, -0.1) is 0 Å². The lowest BCUT2D eigenvalue weighted by atomic mass is 9.99. The Bertz CT molecular complexity index is 1310. The quantitative estimate of drug-likeness (QED) is 0.143. The van der Waals surface area contributed by atoms with Crippen LogP contribution in [0.4, 0.5) is 0 Å². The van der Waals surface area contributed by atoms with Gasteiger partial charge in [-0.2, -0.15) is 0 Å². The first-order chi connectivity index (χ1) is 15.3. The molecule has 3 aromatic rings. The number of benzene rings is 2. The predicted octanol–water partition coefficient (Wildman–Crippen LogP) is 6.50. The molecule has 2 aromatic carbocycles. The smallest absolute Gasteiger partial charge is 0.308 e. The van der Waals surface area contributed by atoms with E-state index in [1.807, 2.05) is 0 Å². The van der Waals surface area contributed by atoms with Crippen molar-refractivity contribution in [1.82, 2.24) is 0 Å². The number of rotatable bonds is 5. The minimum atomic E-state index is -0.754. The molecule has 9 heteroatoms. The fourth-order valence-electron chi connectivity index (χ4n) is 2.69. The largest absolute Gasteiger partial charge is 0.459 e. The highest BCUT2D eigenvalue weighted by molar-refractivity contribution is 9.11. The molecule has 6 nitrogen and oxygen atoms in total. The summed E-state index contributed by atoms with van der Waals surface area (Å²) in [4.78, 5) is 35.9. The molecule has 0 N–H and O–H groups in total. The van der Waals surface area contributed by atoms with Crippen molar-refractivity contribution >= 4 is 76.5 Å². The lowest BCUT2D eigenvalue weighted by Gasteiger charge is -2.10. The van der Waals surface area contributed by atoms with Crippen LogP contribution in [0.15, 0.2) is 43.6 Å². The topological polar surface area (TPSA) is 82.8 Å². The number of furan rings is 1. The first-order valence-corrected chi connectivity index (χ1v) is 11.0. The monoisotopic (exact) mass is 603 g/mol. The summed E-state index contributed by atoms with van der Waals surface area (Å²) in [5.74, 6) is -1.92. The molecule has 1 aromatic heterocycles. The third-order valence-corrected chi connectivity index (χ3v) is 5.40. The number of esters is 2. The van der Waals surface area contributed by atoms with Gasteiger partial charge in [0.2, 0.25) is 0 Å². The molecular weight excluding hydrogens is 588 g/mol. The number of ketones is 1. The fourth-order valence-corrected chi connectivity index (χ4v) is 4.36. The van der Waals surface area contributed by atoms with Crippen molar-refractivity contribution in [2.24, 2.45) is 0 Å². The second-order valence-corrected chi connectivity index (χ2v) is 9.23. The molecule has 0 saturated heterocycles. The van der Waals surface area contributed by atoms with Gasteiger partial charge in [0.15, 0.2) is 11.5 Å². The molecule has 0 aliphatic rings. The van der Waals surface area contributed by atoms with Crippen LogP contribution in [0.5, 0.6) is 11.5 Å². The van der Waals surface area contributed by atoms with Crippen molar-refractivity contribution in [3.8, 4) is 11.5 Å². The van der Waals surface area contributed by atoms with Crippen LogP contribution < -0.4 is 9.47 Å². The third-order valence-electron chi connectivity index (χ3n) is 3.80. The normalized spacial score (nSPS) is 13.3. The number of alkyl halides is 1. The van der Waals surface area contributed by atoms with Crippen molar-refractivity contribution in [2.45, 2.75) is 25.6 Å². The Morgan fingerprint density at radius 2 is 1.67 bits per heavy atom. The molecule has 0 fully saturated rings. The minimum Gasteiger partial charge on any atom is -0.459 e. The number of hydrogen-bond acceptors (Lipinski definition) is 6. The second-order valence-electron chi connectivity index (χ2n) is 6.15. The lowest BCUT2D eigenvalue weighted by molar-refractivity contribution is -0.132. The maximum Gasteiger partial charge on any atom is 0.308 e. The number of fused-ring (bicyclic) bond motifs is 1. The Kier molecular flexibility index (Phi) is 5.65. The molecule has 0 amide bonds. The van der Waals surface area contributed by atoms with Gasteiger partial charge in [0, 0.05) is 30.8 Å². The molecule has 3 rings (SSSR count). The highest BCUT2D eigenvalue weighted by atomic mass is 79.9. The van der Waals surface area contributed by atoms with Crippen molar-refractivity contribution < 1.29 is 32.4 Å². The Hall–Kier alpha value is -1.97. The third kappa shape index (κ3) is 4.68. The molecule has 0 bridgehead atoms. The summed E-state index contributed by atoms with van der Waals surface area (Å²) in [6, 6.07) is 1.55. The predicted molar refractivity (Wildman–Crippen MR) is 121 cm³/mol.